The topological polar surface area (TPSA) is 38.9 Å². The van der Waals surface area contributed by atoms with Crippen LogP contribution in [0.25, 0.3) is 16.9 Å². The molecular weight excluding hydrogens is 504 g/mol. The summed E-state index contributed by atoms with van der Waals surface area (Å²) >= 11 is 6.22. The maximum Gasteiger partial charge on any atom is 0.137 e. The number of pyridine rings is 1. The summed E-state index contributed by atoms with van der Waals surface area (Å²) < 4.78 is 39.8. The van der Waals surface area contributed by atoms with Crippen LogP contribution in [0.3, 0.4) is 0 Å². The van der Waals surface area contributed by atoms with Crippen molar-refractivity contribution in [3.8, 4) is 11.3 Å². The molecule has 38 heavy (non-hydrogen) atoms. The molecule has 0 aliphatic heterocycles. The zero-order valence-corrected chi connectivity index (χ0v) is 24.4. The Morgan fingerprint density at radius 3 is 2.39 bits per heavy atom. The van der Waals surface area contributed by atoms with Crippen molar-refractivity contribution in [2.75, 3.05) is 6.61 Å². The first-order chi connectivity index (χ1) is 18.1. The van der Waals surface area contributed by atoms with Crippen LogP contribution in [-0.2, 0) is 11.2 Å². The van der Waals surface area contributed by atoms with E-state index in [0.717, 1.165) is 30.5 Å². The number of imidazole rings is 1. The van der Waals surface area contributed by atoms with Gasteiger partial charge in [-0.15, -0.1) is 0 Å². The first-order valence-corrected chi connectivity index (χ1v) is 14.0. The molecule has 3 aromatic rings. The van der Waals surface area contributed by atoms with Gasteiger partial charge in [0, 0.05) is 30.7 Å². The summed E-state index contributed by atoms with van der Waals surface area (Å²) in [6, 6.07) is 6.60. The number of ether oxygens (including phenoxy) is 1. The van der Waals surface area contributed by atoms with Gasteiger partial charge in [-0.25, -0.2) is 18.8 Å². The number of allylic oxidation sites excluding steroid dienone is 1. The fraction of sp³-hybridized carbons (Fsp3) is 0.484. The first kappa shape index (κ1) is 30.0. The summed E-state index contributed by atoms with van der Waals surface area (Å²) in [5, 5.41) is 0.282. The third kappa shape index (κ3) is 6.89. The van der Waals surface area contributed by atoms with E-state index in [9.17, 15) is 0 Å². The lowest BCUT2D eigenvalue weighted by Crippen LogP contribution is -2.19. The molecule has 7 heteroatoms. The van der Waals surface area contributed by atoms with Gasteiger partial charge in [0.25, 0.3) is 0 Å². The van der Waals surface area contributed by atoms with Crippen LogP contribution in [0.1, 0.15) is 77.6 Å². The molecule has 0 aliphatic carbocycles. The quantitative estimate of drug-likeness (QED) is 0.169. The molecule has 206 valence electrons. The highest BCUT2D eigenvalue weighted by Gasteiger charge is 2.26. The maximum absolute atomic E-state index is 15.9. The van der Waals surface area contributed by atoms with Gasteiger partial charge < -0.3 is 9.14 Å². The molecule has 2 aromatic heterocycles. The van der Waals surface area contributed by atoms with Gasteiger partial charge in [-0.05, 0) is 62.4 Å². The number of halogens is 3. The second-order valence-electron chi connectivity index (χ2n) is 10.3. The highest BCUT2D eigenvalue weighted by atomic mass is 35.5. The number of benzene rings is 1. The highest BCUT2D eigenvalue weighted by molar-refractivity contribution is 6.30. The zero-order chi connectivity index (χ0) is 28.0. The summed E-state index contributed by atoms with van der Waals surface area (Å²) in [5.41, 5.74) is 3.51. The van der Waals surface area contributed by atoms with Crippen LogP contribution in [-0.4, -0.2) is 27.8 Å². The molecule has 2 heterocycles. The Kier molecular flexibility index (Phi) is 10.6. The number of hydrogen-bond donors (Lipinski definition) is 0. The van der Waals surface area contributed by atoms with Gasteiger partial charge in [0.1, 0.15) is 22.4 Å². The molecule has 1 aromatic carbocycles. The number of aliphatic imine (C=N–C) groups is 1. The Hall–Kier alpha value is -2.57. The largest absolute Gasteiger partial charge is 0.378 e. The predicted molar refractivity (Wildman–Crippen MR) is 154 cm³/mol. The number of aryl methyl sites for hydroxylation is 1. The Morgan fingerprint density at radius 1 is 1.13 bits per heavy atom. The van der Waals surface area contributed by atoms with E-state index in [1.165, 1.54) is 12.1 Å². The van der Waals surface area contributed by atoms with Gasteiger partial charge in [-0.1, -0.05) is 58.7 Å². The van der Waals surface area contributed by atoms with Crippen LogP contribution in [0, 0.1) is 30.4 Å². The molecule has 0 radical (unpaired) electrons. The smallest absolute Gasteiger partial charge is 0.137 e. The van der Waals surface area contributed by atoms with E-state index >= 15 is 8.78 Å². The van der Waals surface area contributed by atoms with Crippen LogP contribution in [0.4, 0.5) is 8.78 Å². The monoisotopic (exact) mass is 543 g/mol. The lowest BCUT2D eigenvalue weighted by Gasteiger charge is -2.20. The van der Waals surface area contributed by atoms with Crippen molar-refractivity contribution in [3.63, 3.8) is 0 Å². The van der Waals surface area contributed by atoms with Crippen molar-refractivity contribution < 1.29 is 13.5 Å². The summed E-state index contributed by atoms with van der Waals surface area (Å²) in [6.07, 6.45) is 6.70. The Labute approximate surface area is 230 Å². The molecule has 2 atom stereocenters. The molecule has 3 rings (SSSR count). The van der Waals surface area contributed by atoms with Gasteiger partial charge in [-0.2, -0.15) is 0 Å². The maximum atomic E-state index is 15.9. The first-order valence-electron chi connectivity index (χ1n) is 13.6. The summed E-state index contributed by atoms with van der Waals surface area (Å²) in [6.45, 7) is 14.6. The van der Waals surface area contributed by atoms with Crippen molar-refractivity contribution in [1.82, 2.24) is 9.38 Å². The van der Waals surface area contributed by atoms with Crippen molar-refractivity contribution >= 4 is 23.0 Å². The normalized spacial score (nSPS) is 14.5. The molecule has 0 saturated heterocycles. The number of fused-ring (bicyclic) bond motifs is 1. The number of rotatable bonds is 12. The molecule has 1 unspecified atom stereocenters. The van der Waals surface area contributed by atoms with E-state index in [4.69, 9.17) is 21.3 Å². The van der Waals surface area contributed by atoms with Crippen LogP contribution in [0.15, 0.2) is 46.7 Å². The van der Waals surface area contributed by atoms with Gasteiger partial charge >= 0.3 is 0 Å². The molecule has 0 saturated carbocycles. The van der Waals surface area contributed by atoms with E-state index in [-0.39, 0.29) is 28.7 Å². The van der Waals surface area contributed by atoms with E-state index in [0.29, 0.717) is 35.6 Å². The third-order valence-electron chi connectivity index (χ3n) is 6.94. The zero-order valence-electron chi connectivity index (χ0n) is 23.6. The molecule has 0 bridgehead atoms. The van der Waals surface area contributed by atoms with Crippen LogP contribution in [0.5, 0.6) is 0 Å². The second kappa shape index (κ2) is 13.5. The number of aromatic nitrogens is 2. The summed E-state index contributed by atoms with van der Waals surface area (Å²) in [5.74, 6) is -1.22. The Bertz CT molecular complexity index is 1290. The SMILES string of the molecule is C/C=C(/Cl)N=C(c1cc(F)c(-c2nc3cc(C)ccn3c2CC(CCC)OCCC)c(F)c1)[C@H](C)C(C)C. The average molecular weight is 544 g/mol. The molecule has 0 fully saturated rings. The van der Waals surface area contributed by atoms with Crippen LogP contribution >= 0.6 is 11.6 Å². The van der Waals surface area contributed by atoms with Crippen molar-refractivity contribution in [1.29, 1.82) is 0 Å². The summed E-state index contributed by atoms with van der Waals surface area (Å²) in [7, 11) is 0. The van der Waals surface area contributed by atoms with E-state index in [2.05, 4.69) is 18.8 Å². The van der Waals surface area contributed by atoms with Crippen molar-refractivity contribution in [3.05, 3.63) is 70.1 Å². The van der Waals surface area contributed by atoms with E-state index < -0.39 is 11.6 Å². The minimum absolute atomic E-state index is 0.0624. The molecule has 0 spiro atoms. The van der Waals surface area contributed by atoms with E-state index in [1.807, 2.05) is 50.4 Å². The lowest BCUT2D eigenvalue weighted by molar-refractivity contribution is 0.0470. The highest BCUT2D eigenvalue weighted by Crippen LogP contribution is 2.33. The second-order valence-corrected chi connectivity index (χ2v) is 10.7. The standard InChI is InChI=1S/C31H40ClF2N3O/c1-8-11-23(38-14-9-2)18-26-31(36-28-15-20(6)12-13-37(26)28)29-24(33)16-22(17-25(29)34)30(21(7)19(4)5)35-27(32)10-3/h10,12-13,15-17,19,21,23H,8-9,11,14,18H2,1-7H3/b27-10-,35-30?/t21-,23?/m1/s1. The van der Waals surface area contributed by atoms with Gasteiger partial charge in [-0.3, -0.25) is 0 Å². The van der Waals surface area contributed by atoms with Gasteiger partial charge in [0.15, 0.2) is 0 Å². The third-order valence-corrected chi connectivity index (χ3v) is 7.24. The number of hydrogen-bond acceptors (Lipinski definition) is 3. The Balaban J connectivity index is 2.20. The molecule has 4 nitrogen and oxygen atoms in total. The molecule has 0 aliphatic rings. The van der Waals surface area contributed by atoms with Crippen molar-refractivity contribution in [2.45, 2.75) is 80.3 Å². The minimum Gasteiger partial charge on any atom is -0.378 e. The predicted octanol–water partition coefficient (Wildman–Crippen LogP) is 8.91. The fourth-order valence-corrected chi connectivity index (χ4v) is 4.62. The number of nitrogens with zero attached hydrogens (tertiary/aromatic N) is 3. The van der Waals surface area contributed by atoms with Crippen LogP contribution < -0.4 is 0 Å². The van der Waals surface area contributed by atoms with E-state index in [1.54, 1.807) is 13.0 Å². The fourth-order valence-electron chi connectivity index (χ4n) is 4.53. The molecule has 0 amide bonds. The molecule has 0 N–H and O–H groups in total. The van der Waals surface area contributed by atoms with Crippen LogP contribution in [0.2, 0.25) is 0 Å². The van der Waals surface area contributed by atoms with Crippen molar-refractivity contribution in [2.24, 2.45) is 16.8 Å². The van der Waals surface area contributed by atoms with Gasteiger partial charge in [0.2, 0.25) is 0 Å². The average Bonchev–Trinajstić information content (AvgIpc) is 3.21. The Morgan fingerprint density at radius 2 is 1.82 bits per heavy atom. The molecular formula is C31H40ClF2N3O. The lowest BCUT2D eigenvalue weighted by atomic mass is 9.88. The van der Waals surface area contributed by atoms with Gasteiger partial charge in [0.05, 0.1) is 28.8 Å². The minimum atomic E-state index is -0.678. The summed E-state index contributed by atoms with van der Waals surface area (Å²) in [4.78, 5) is 9.22.